The van der Waals surface area contributed by atoms with Gasteiger partial charge in [0.15, 0.2) is 0 Å². The van der Waals surface area contributed by atoms with Crippen molar-refractivity contribution < 1.29 is 28.0 Å². The average Bonchev–Trinajstić information content (AvgIpc) is 2.73. The maximum absolute atomic E-state index is 12.2. The smallest absolute Gasteiger partial charge is 0.266 e. The highest BCUT2D eigenvalue weighted by molar-refractivity contribution is 9.28. The predicted octanol–water partition coefficient (Wildman–Crippen LogP) is 3.39. The normalized spacial score (nSPS) is 22.2. The Morgan fingerprint density at radius 1 is 0.912 bits per heavy atom. The van der Waals surface area contributed by atoms with E-state index in [9.17, 15) is 28.0 Å². The molecular formula is C22H32Br2F2N4O4. The van der Waals surface area contributed by atoms with Gasteiger partial charge in [0.25, 0.3) is 6.08 Å². The highest BCUT2D eigenvalue weighted by Crippen LogP contribution is 2.26. The Morgan fingerprint density at radius 2 is 1.29 bits per heavy atom. The third-order valence-electron chi connectivity index (χ3n) is 5.87. The van der Waals surface area contributed by atoms with Gasteiger partial charge in [-0.2, -0.15) is 8.78 Å². The van der Waals surface area contributed by atoms with Crippen LogP contribution in [0.2, 0.25) is 0 Å². The van der Waals surface area contributed by atoms with Crippen molar-refractivity contribution in [3.63, 3.8) is 0 Å². The van der Waals surface area contributed by atoms with Crippen LogP contribution in [-0.2, 0) is 19.2 Å². The molecule has 2 heterocycles. The van der Waals surface area contributed by atoms with Crippen LogP contribution >= 0.6 is 31.9 Å². The van der Waals surface area contributed by atoms with Crippen molar-refractivity contribution >= 4 is 55.5 Å². The highest BCUT2D eigenvalue weighted by Gasteiger charge is 2.33. The second-order valence-electron chi connectivity index (χ2n) is 8.26. The van der Waals surface area contributed by atoms with Gasteiger partial charge in [-0.1, -0.05) is 19.9 Å². The quantitative estimate of drug-likeness (QED) is 0.435. The van der Waals surface area contributed by atoms with Crippen molar-refractivity contribution in [2.75, 3.05) is 13.1 Å². The Kier molecular flexibility index (Phi) is 12.9. The monoisotopic (exact) mass is 612 g/mol. The van der Waals surface area contributed by atoms with Crippen LogP contribution in [0.15, 0.2) is 21.6 Å². The van der Waals surface area contributed by atoms with Crippen LogP contribution in [0.1, 0.15) is 52.4 Å². The molecule has 12 heteroatoms. The molecule has 4 atom stereocenters. The first-order valence-electron chi connectivity index (χ1n) is 11.1. The molecule has 4 unspecified atom stereocenters. The molecule has 0 aromatic rings. The number of nitrogens with two attached hydrogens (primary N) is 2. The molecule has 4 N–H and O–H groups in total. The Balaban J connectivity index is 0.000000340. The summed E-state index contributed by atoms with van der Waals surface area (Å²) in [6, 6.07) is -1.17. The Bertz CT molecular complexity index is 751. The third-order valence-corrected chi connectivity index (χ3v) is 6.40. The summed E-state index contributed by atoms with van der Waals surface area (Å²) in [5.41, 5.74) is 10.5. The number of amides is 4. The van der Waals surface area contributed by atoms with E-state index in [1.54, 1.807) is 11.8 Å². The van der Waals surface area contributed by atoms with Crippen LogP contribution in [0.25, 0.3) is 0 Å². The number of primary amides is 2. The minimum Gasteiger partial charge on any atom is -0.368 e. The van der Waals surface area contributed by atoms with E-state index in [-0.39, 0.29) is 30.7 Å². The van der Waals surface area contributed by atoms with E-state index in [4.69, 9.17) is 11.5 Å². The van der Waals surface area contributed by atoms with Crippen molar-refractivity contribution in [3.8, 4) is 0 Å². The van der Waals surface area contributed by atoms with Crippen LogP contribution in [-0.4, -0.2) is 58.6 Å². The minimum absolute atomic E-state index is 0.0194. The third kappa shape index (κ3) is 9.44. The van der Waals surface area contributed by atoms with Gasteiger partial charge in [0, 0.05) is 31.8 Å². The number of hydrogen-bond acceptors (Lipinski definition) is 4. The molecule has 4 amide bonds. The average molecular weight is 614 g/mol. The summed E-state index contributed by atoms with van der Waals surface area (Å²) in [5.74, 6) is -1.33. The van der Waals surface area contributed by atoms with Crippen molar-refractivity contribution in [2.24, 2.45) is 23.3 Å². The van der Waals surface area contributed by atoms with E-state index in [1.807, 2.05) is 13.0 Å². The molecule has 0 aromatic heterocycles. The van der Waals surface area contributed by atoms with Crippen LogP contribution in [0.3, 0.4) is 0 Å². The molecule has 0 radical (unpaired) electrons. The Morgan fingerprint density at radius 3 is 1.59 bits per heavy atom. The van der Waals surface area contributed by atoms with E-state index in [1.165, 1.54) is 4.90 Å². The van der Waals surface area contributed by atoms with Gasteiger partial charge in [0.1, 0.15) is 12.1 Å². The fourth-order valence-electron chi connectivity index (χ4n) is 4.18. The molecule has 0 bridgehead atoms. The summed E-state index contributed by atoms with van der Waals surface area (Å²) in [4.78, 5) is 48.8. The van der Waals surface area contributed by atoms with Crippen molar-refractivity contribution in [1.82, 2.24) is 9.80 Å². The van der Waals surface area contributed by atoms with Gasteiger partial charge in [0.05, 0.1) is 3.39 Å². The first-order valence-corrected chi connectivity index (χ1v) is 12.7. The molecule has 0 saturated carbocycles. The summed E-state index contributed by atoms with van der Waals surface area (Å²) in [7, 11) is 0. The fourth-order valence-corrected chi connectivity index (χ4v) is 4.92. The molecule has 2 rings (SSSR count). The Hall–Kier alpha value is -1.82. The number of piperidine rings is 2. The molecule has 0 aliphatic carbocycles. The van der Waals surface area contributed by atoms with Crippen molar-refractivity contribution in [2.45, 2.75) is 64.5 Å². The second kappa shape index (κ2) is 14.6. The van der Waals surface area contributed by atoms with E-state index < -0.39 is 35.9 Å². The lowest BCUT2D eigenvalue weighted by Gasteiger charge is -2.35. The van der Waals surface area contributed by atoms with Crippen LogP contribution < -0.4 is 11.5 Å². The number of likely N-dealkylation sites (tertiary alicyclic amines) is 2. The predicted molar refractivity (Wildman–Crippen MR) is 132 cm³/mol. The summed E-state index contributed by atoms with van der Waals surface area (Å²) in [6.45, 7) is 4.29. The SMILES string of the molecule is CCC(C(N)=O)N1CC(C=C(Br)Br)CCC1=O.CCC(C(N)=O)N1CC(C=C(F)F)CCC1=O. The lowest BCUT2D eigenvalue weighted by Crippen LogP contribution is -2.51. The number of nitrogens with zero attached hydrogens (tertiary/aromatic N) is 2. The van der Waals surface area contributed by atoms with Gasteiger partial charge in [-0.05, 0) is 69.5 Å². The highest BCUT2D eigenvalue weighted by atomic mass is 79.9. The summed E-state index contributed by atoms with van der Waals surface area (Å²) >= 11 is 6.62. The maximum Gasteiger partial charge on any atom is 0.266 e. The molecule has 34 heavy (non-hydrogen) atoms. The first kappa shape index (κ1) is 30.2. The number of carbonyl (C=O) groups is 4. The van der Waals surface area contributed by atoms with Gasteiger partial charge in [0.2, 0.25) is 23.6 Å². The molecule has 2 aliphatic heterocycles. The van der Waals surface area contributed by atoms with E-state index in [2.05, 4.69) is 31.9 Å². The zero-order valence-electron chi connectivity index (χ0n) is 19.3. The summed E-state index contributed by atoms with van der Waals surface area (Å²) < 4.78 is 25.2. The molecule has 0 aromatic carbocycles. The van der Waals surface area contributed by atoms with Gasteiger partial charge in [-0.25, -0.2) is 0 Å². The van der Waals surface area contributed by atoms with E-state index >= 15 is 0 Å². The number of carbonyl (C=O) groups excluding carboxylic acids is 4. The molecular weight excluding hydrogens is 582 g/mol. The first-order chi connectivity index (χ1) is 15.9. The standard InChI is InChI=1S/C11H16Br2N2O2.C11H16F2N2O2/c2*1-2-8(11(14)17)15-6-7(5-9(12)13)3-4-10(15)16/h2*5,7-8H,2-4,6H2,1H3,(H2,14,17). The number of rotatable bonds is 8. The topological polar surface area (TPSA) is 127 Å². The van der Waals surface area contributed by atoms with Crippen molar-refractivity contribution in [3.05, 3.63) is 21.6 Å². The Labute approximate surface area is 215 Å². The summed E-state index contributed by atoms with van der Waals surface area (Å²) in [5, 5.41) is 0. The van der Waals surface area contributed by atoms with Crippen LogP contribution in [0, 0.1) is 11.8 Å². The molecule has 2 fully saturated rings. The molecule has 0 spiro atoms. The second-order valence-corrected chi connectivity index (χ2v) is 11.0. The molecule has 2 aliphatic rings. The fraction of sp³-hybridized carbons (Fsp3) is 0.636. The van der Waals surface area contributed by atoms with Gasteiger partial charge < -0.3 is 21.3 Å². The van der Waals surface area contributed by atoms with Gasteiger partial charge >= 0.3 is 0 Å². The molecule has 192 valence electrons. The minimum atomic E-state index is -1.75. The molecule has 8 nitrogen and oxygen atoms in total. The van der Waals surface area contributed by atoms with Crippen molar-refractivity contribution in [1.29, 1.82) is 0 Å². The van der Waals surface area contributed by atoms with Crippen LogP contribution in [0.5, 0.6) is 0 Å². The lowest BCUT2D eigenvalue weighted by molar-refractivity contribution is -0.142. The zero-order chi connectivity index (χ0) is 26.0. The lowest BCUT2D eigenvalue weighted by atomic mass is 9.95. The van der Waals surface area contributed by atoms with Crippen LogP contribution in [0.4, 0.5) is 8.78 Å². The molecule has 2 saturated heterocycles. The summed E-state index contributed by atoms with van der Waals surface area (Å²) in [6.07, 6.45) is 3.91. The number of halogens is 4. The van der Waals surface area contributed by atoms with Gasteiger partial charge in [-0.15, -0.1) is 0 Å². The van der Waals surface area contributed by atoms with E-state index in [0.717, 1.165) is 15.9 Å². The van der Waals surface area contributed by atoms with E-state index in [0.29, 0.717) is 32.2 Å². The largest absolute Gasteiger partial charge is 0.368 e. The number of hydrogen-bond donors (Lipinski definition) is 2. The van der Waals surface area contributed by atoms with Gasteiger partial charge in [-0.3, -0.25) is 19.2 Å². The zero-order valence-corrected chi connectivity index (χ0v) is 22.5. The maximum atomic E-state index is 12.2.